The Morgan fingerprint density at radius 1 is 1.50 bits per heavy atom. The molecule has 0 aromatic rings. The van der Waals surface area contributed by atoms with E-state index >= 15 is 0 Å². The van der Waals surface area contributed by atoms with Gasteiger partial charge in [-0.3, -0.25) is 0 Å². The number of likely N-dealkylation sites (tertiary alicyclic amines) is 1. The van der Waals surface area contributed by atoms with E-state index in [2.05, 4.69) is 30.0 Å². The number of hydrogen-bond donors (Lipinski definition) is 0. The third-order valence-electron chi connectivity index (χ3n) is 2.85. The van der Waals surface area contributed by atoms with Crippen molar-refractivity contribution in [1.82, 2.24) is 9.80 Å². The molecule has 0 aromatic heterocycles. The van der Waals surface area contributed by atoms with Gasteiger partial charge in [-0.25, -0.2) is 0 Å². The highest BCUT2D eigenvalue weighted by Crippen LogP contribution is 2.14. The quantitative estimate of drug-likeness (QED) is 0.662. The van der Waals surface area contributed by atoms with Gasteiger partial charge in [-0.2, -0.15) is 5.26 Å². The molecule has 0 saturated carbocycles. The molecule has 4 heteroatoms. The minimum absolute atomic E-state index is 0.356. The summed E-state index contributed by atoms with van der Waals surface area (Å²) in [6, 6.07) is 2.76. The lowest BCUT2D eigenvalue weighted by molar-refractivity contribution is 0.147. The SMILES string of the molecule is CN(C)C1CCN(CC(Cl)C#N)CC1. The maximum atomic E-state index is 8.59. The maximum Gasteiger partial charge on any atom is 0.133 e. The fourth-order valence-corrected chi connectivity index (χ4v) is 2.08. The Hall–Kier alpha value is -0.300. The summed E-state index contributed by atoms with van der Waals surface area (Å²) in [4.78, 5) is 4.56. The molecule has 1 aliphatic rings. The Morgan fingerprint density at radius 2 is 2.07 bits per heavy atom. The number of rotatable bonds is 3. The van der Waals surface area contributed by atoms with Crippen LogP contribution in [0.2, 0.25) is 0 Å². The Morgan fingerprint density at radius 3 is 2.50 bits per heavy atom. The van der Waals surface area contributed by atoms with Gasteiger partial charge in [0.1, 0.15) is 5.38 Å². The smallest absolute Gasteiger partial charge is 0.133 e. The Balaban J connectivity index is 2.26. The van der Waals surface area contributed by atoms with Crippen molar-refractivity contribution >= 4 is 11.6 Å². The zero-order valence-corrected chi connectivity index (χ0v) is 9.67. The van der Waals surface area contributed by atoms with Gasteiger partial charge in [0.05, 0.1) is 6.07 Å². The number of nitrogens with zero attached hydrogens (tertiary/aromatic N) is 3. The number of hydrogen-bond acceptors (Lipinski definition) is 3. The molecule has 1 fully saturated rings. The van der Waals surface area contributed by atoms with Crippen LogP contribution in [-0.2, 0) is 0 Å². The lowest BCUT2D eigenvalue weighted by Crippen LogP contribution is -2.43. The van der Waals surface area contributed by atoms with Crippen LogP contribution in [-0.4, -0.2) is 54.9 Å². The maximum absolute atomic E-state index is 8.59. The van der Waals surface area contributed by atoms with Crippen molar-refractivity contribution in [2.24, 2.45) is 0 Å². The topological polar surface area (TPSA) is 30.3 Å². The molecule has 3 nitrogen and oxygen atoms in total. The van der Waals surface area contributed by atoms with Crippen LogP contribution in [0.5, 0.6) is 0 Å². The van der Waals surface area contributed by atoms with Crippen molar-refractivity contribution in [2.75, 3.05) is 33.7 Å². The number of nitriles is 1. The standard InChI is InChI=1S/C10H18ClN3/c1-13(2)10-3-5-14(6-4-10)8-9(11)7-12/h9-10H,3-6,8H2,1-2H3. The predicted molar refractivity (Wildman–Crippen MR) is 58.4 cm³/mol. The van der Waals surface area contributed by atoms with E-state index in [1.54, 1.807) is 0 Å². The van der Waals surface area contributed by atoms with Crippen molar-refractivity contribution in [2.45, 2.75) is 24.3 Å². The summed E-state index contributed by atoms with van der Waals surface area (Å²) < 4.78 is 0. The van der Waals surface area contributed by atoms with E-state index in [-0.39, 0.29) is 5.38 Å². The van der Waals surface area contributed by atoms with E-state index < -0.39 is 0 Å². The summed E-state index contributed by atoms with van der Waals surface area (Å²) in [5.41, 5.74) is 0. The van der Waals surface area contributed by atoms with Crippen LogP contribution in [0.15, 0.2) is 0 Å². The molecule has 1 heterocycles. The molecule has 0 bridgehead atoms. The molecular weight excluding hydrogens is 198 g/mol. The van der Waals surface area contributed by atoms with Crippen LogP contribution in [0.4, 0.5) is 0 Å². The highest BCUT2D eigenvalue weighted by Gasteiger charge is 2.21. The van der Waals surface area contributed by atoms with Crippen LogP contribution >= 0.6 is 11.6 Å². The molecule has 1 aliphatic heterocycles. The Bertz CT molecular complexity index is 204. The van der Waals surface area contributed by atoms with Gasteiger partial charge in [-0.05, 0) is 40.0 Å². The molecule has 0 spiro atoms. The Labute approximate surface area is 91.2 Å². The van der Waals surface area contributed by atoms with Crippen LogP contribution in [0.3, 0.4) is 0 Å². The average Bonchev–Trinajstić information content (AvgIpc) is 2.18. The largest absolute Gasteiger partial charge is 0.306 e. The molecule has 1 atom stereocenters. The lowest BCUT2D eigenvalue weighted by Gasteiger charge is -2.35. The molecular formula is C10H18ClN3. The van der Waals surface area contributed by atoms with Crippen molar-refractivity contribution in [3.05, 3.63) is 0 Å². The first kappa shape index (κ1) is 11.8. The van der Waals surface area contributed by atoms with Gasteiger partial charge in [-0.1, -0.05) is 0 Å². The lowest BCUT2D eigenvalue weighted by atomic mass is 10.0. The molecule has 0 radical (unpaired) electrons. The summed E-state index contributed by atoms with van der Waals surface area (Å²) >= 11 is 5.78. The van der Waals surface area contributed by atoms with Crippen LogP contribution < -0.4 is 0 Å². The first-order valence-corrected chi connectivity index (χ1v) is 5.49. The average molecular weight is 216 g/mol. The van der Waals surface area contributed by atoms with Crippen molar-refractivity contribution in [3.8, 4) is 6.07 Å². The summed E-state index contributed by atoms with van der Waals surface area (Å²) in [7, 11) is 4.25. The zero-order chi connectivity index (χ0) is 10.6. The van der Waals surface area contributed by atoms with Crippen LogP contribution in [0.25, 0.3) is 0 Å². The van der Waals surface area contributed by atoms with E-state index in [1.165, 1.54) is 12.8 Å². The number of alkyl halides is 1. The van der Waals surface area contributed by atoms with Crippen molar-refractivity contribution < 1.29 is 0 Å². The van der Waals surface area contributed by atoms with Gasteiger partial charge in [0, 0.05) is 12.6 Å². The van der Waals surface area contributed by atoms with E-state index in [4.69, 9.17) is 16.9 Å². The first-order valence-electron chi connectivity index (χ1n) is 5.06. The van der Waals surface area contributed by atoms with E-state index in [0.29, 0.717) is 12.6 Å². The highest BCUT2D eigenvalue weighted by molar-refractivity contribution is 6.22. The van der Waals surface area contributed by atoms with Gasteiger partial charge in [0.15, 0.2) is 0 Å². The molecule has 0 N–H and O–H groups in total. The van der Waals surface area contributed by atoms with E-state index in [9.17, 15) is 0 Å². The summed E-state index contributed by atoms with van der Waals surface area (Å²) in [5.74, 6) is 0. The fraction of sp³-hybridized carbons (Fsp3) is 0.900. The monoisotopic (exact) mass is 215 g/mol. The van der Waals surface area contributed by atoms with Gasteiger partial charge >= 0.3 is 0 Å². The normalized spacial score (nSPS) is 22.2. The van der Waals surface area contributed by atoms with Crippen molar-refractivity contribution in [1.29, 1.82) is 5.26 Å². The van der Waals surface area contributed by atoms with Gasteiger partial charge < -0.3 is 9.80 Å². The molecule has 0 aromatic carbocycles. The molecule has 0 aliphatic carbocycles. The molecule has 1 saturated heterocycles. The summed E-state index contributed by atoms with van der Waals surface area (Å²) in [6.45, 7) is 2.83. The van der Waals surface area contributed by atoms with E-state index in [1.807, 2.05) is 0 Å². The third kappa shape index (κ3) is 3.45. The third-order valence-corrected chi connectivity index (χ3v) is 3.08. The molecule has 1 rings (SSSR count). The van der Waals surface area contributed by atoms with Crippen LogP contribution in [0, 0.1) is 11.3 Å². The minimum atomic E-state index is -0.356. The van der Waals surface area contributed by atoms with Gasteiger partial charge in [-0.15, -0.1) is 11.6 Å². The zero-order valence-electron chi connectivity index (χ0n) is 8.91. The number of halogens is 1. The van der Waals surface area contributed by atoms with Gasteiger partial charge in [0.2, 0.25) is 0 Å². The predicted octanol–water partition coefficient (Wildman–Crippen LogP) is 1.14. The molecule has 1 unspecified atom stereocenters. The second kappa shape index (κ2) is 5.55. The van der Waals surface area contributed by atoms with Gasteiger partial charge in [0.25, 0.3) is 0 Å². The molecule has 0 amide bonds. The summed E-state index contributed by atoms with van der Waals surface area (Å²) in [6.07, 6.45) is 2.37. The van der Waals surface area contributed by atoms with Crippen LogP contribution in [0.1, 0.15) is 12.8 Å². The van der Waals surface area contributed by atoms with E-state index in [0.717, 1.165) is 13.1 Å². The molecule has 14 heavy (non-hydrogen) atoms. The minimum Gasteiger partial charge on any atom is -0.306 e. The fourth-order valence-electron chi connectivity index (χ4n) is 1.89. The van der Waals surface area contributed by atoms with Crippen molar-refractivity contribution in [3.63, 3.8) is 0 Å². The summed E-state index contributed by atoms with van der Waals surface area (Å²) in [5, 5.41) is 8.23. The molecule has 80 valence electrons. The Kier molecular flexibility index (Phi) is 4.67. The highest BCUT2D eigenvalue weighted by atomic mass is 35.5. The second-order valence-corrected chi connectivity index (χ2v) is 4.62. The second-order valence-electron chi connectivity index (χ2n) is 4.09. The number of piperidine rings is 1. The first-order chi connectivity index (χ1) is 6.63.